The summed E-state index contributed by atoms with van der Waals surface area (Å²) in [6.45, 7) is 3.75. The van der Waals surface area contributed by atoms with Gasteiger partial charge in [0, 0.05) is 25.2 Å². The summed E-state index contributed by atoms with van der Waals surface area (Å²) >= 11 is 0. The largest absolute Gasteiger partial charge is 0.338 e. The molecule has 6 heteroatoms. The molecule has 0 unspecified atom stereocenters. The molecule has 1 heterocycles. The summed E-state index contributed by atoms with van der Waals surface area (Å²) in [4.78, 5) is 14.9. The Morgan fingerprint density at radius 3 is 2.46 bits per heavy atom. The molecule has 1 saturated carbocycles. The van der Waals surface area contributed by atoms with Gasteiger partial charge in [-0.25, -0.2) is 13.1 Å². The number of hydrogen-bond donors (Lipinski definition) is 1. The molecule has 0 radical (unpaired) electrons. The molecule has 5 nitrogen and oxygen atoms in total. The highest BCUT2D eigenvalue weighted by molar-refractivity contribution is 7.89. The third-order valence-electron chi connectivity index (χ3n) is 5.32. The number of benzene rings is 1. The lowest BCUT2D eigenvalue weighted by Crippen LogP contribution is -2.44. The number of piperidine rings is 1. The predicted octanol–water partition coefficient (Wildman–Crippen LogP) is 2.64. The molecular formula is C18H26N2O3S. The number of amides is 1. The van der Waals surface area contributed by atoms with E-state index >= 15 is 0 Å². The van der Waals surface area contributed by atoms with Crippen molar-refractivity contribution in [2.24, 2.45) is 11.8 Å². The summed E-state index contributed by atoms with van der Waals surface area (Å²) in [5.41, 5.74) is 0.569. The molecule has 2 atom stereocenters. The molecule has 1 amide bonds. The second kappa shape index (κ2) is 7.23. The molecular weight excluding hydrogens is 324 g/mol. The number of fused-ring (bicyclic) bond motifs is 1. The predicted molar refractivity (Wildman–Crippen MR) is 93.3 cm³/mol. The van der Waals surface area contributed by atoms with Crippen molar-refractivity contribution < 1.29 is 13.2 Å². The maximum Gasteiger partial charge on any atom is 0.253 e. The molecule has 132 valence electrons. The SMILES string of the molecule is CCNS(=O)(=O)c1ccc(C(=O)N2CC[C@@H]3CCCC[C@H]3C2)cc1. The minimum Gasteiger partial charge on any atom is -0.338 e. The minimum absolute atomic E-state index is 0.0198. The lowest BCUT2D eigenvalue weighted by Gasteiger charge is -2.41. The van der Waals surface area contributed by atoms with Gasteiger partial charge >= 0.3 is 0 Å². The number of sulfonamides is 1. The molecule has 1 aromatic rings. The number of carbonyl (C=O) groups excluding carboxylic acids is 1. The van der Waals surface area contributed by atoms with Crippen LogP contribution < -0.4 is 4.72 Å². The zero-order valence-corrected chi connectivity index (χ0v) is 15.0. The smallest absolute Gasteiger partial charge is 0.253 e. The van der Waals surface area contributed by atoms with Crippen molar-refractivity contribution in [2.45, 2.75) is 43.9 Å². The second-order valence-electron chi connectivity index (χ2n) is 6.87. The highest BCUT2D eigenvalue weighted by atomic mass is 32.2. The van der Waals surface area contributed by atoms with Crippen LogP contribution in [0.3, 0.4) is 0 Å². The van der Waals surface area contributed by atoms with E-state index in [1.807, 2.05) is 4.90 Å². The van der Waals surface area contributed by atoms with Gasteiger partial charge < -0.3 is 4.90 Å². The van der Waals surface area contributed by atoms with Gasteiger partial charge in [0.2, 0.25) is 10.0 Å². The quantitative estimate of drug-likeness (QED) is 0.908. The van der Waals surface area contributed by atoms with E-state index in [9.17, 15) is 13.2 Å². The highest BCUT2D eigenvalue weighted by Gasteiger charge is 2.33. The van der Waals surface area contributed by atoms with E-state index in [0.29, 0.717) is 18.0 Å². The van der Waals surface area contributed by atoms with Crippen LogP contribution in [0.2, 0.25) is 0 Å². The lowest BCUT2D eigenvalue weighted by atomic mass is 9.75. The zero-order chi connectivity index (χ0) is 17.2. The van der Waals surface area contributed by atoms with Gasteiger partial charge in [-0.3, -0.25) is 4.79 Å². The van der Waals surface area contributed by atoms with Crippen LogP contribution in [0.5, 0.6) is 0 Å². The fourth-order valence-electron chi connectivity index (χ4n) is 4.02. The average molecular weight is 350 g/mol. The Hall–Kier alpha value is -1.40. The molecule has 1 aromatic carbocycles. The van der Waals surface area contributed by atoms with Gasteiger partial charge in [0.15, 0.2) is 0 Å². The first-order valence-electron chi connectivity index (χ1n) is 8.90. The van der Waals surface area contributed by atoms with Gasteiger partial charge in [0.1, 0.15) is 0 Å². The number of hydrogen-bond acceptors (Lipinski definition) is 3. The molecule has 0 spiro atoms. The first-order chi connectivity index (χ1) is 11.5. The van der Waals surface area contributed by atoms with Crippen molar-refractivity contribution in [3.8, 4) is 0 Å². The third kappa shape index (κ3) is 3.64. The van der Waals surface area contributed by atoms with Crippen molar-refractivity contribution in [3.63, 3.8) is 0 Å². The first-order valence-corrected chi connectivity index (χ1v) is 10.4. The fourth-order valence-corrected chi connectivity index (χ4v) is 5.06. The molecule has 3 rings (SSSR count). The summed E-state index contributed by atoms with van der Waals surface area (Å²) in [5, 5.41) is 0. The number of rotatable bonds is 4. The van der Waals surface area contributed by atoms with E-state index in [4.69, 9.17) is 0 Å². The second-order valence-corrected chi connectivity index (χ2v) is 8.64. The summed E-state index contributed by atoms with van der Waals surface area (Å²) in [6, 6.07) is 6.27. The van der Waals surface area contributed by atoms with Crippen LogP contribution in [0.15, 0.2) is 29.2 Å². The van der Waals surface area contributed by atoms with Gasteiger partial charge in [-0.2, -0.15) is 0 Å². The van der Waals surface area contributed by atoms with Crippen LogP contribution in [0.25, 0.3) is 0 Å². The fraction of sp³-hybridized carbons (Fsp3) is 0.611. The van der Waals surface area contributed by atoms with Gasteiger partial charge in [-0.1, -0.05) is 26.2 Å². The van der Waals surface area contributed by atoms with Gasteiger partial charge in [-0.15, -0.1) is 0 Å². The van der Waals surface area contributed by atoms with Crippen LogP contribution in [0.4, 0.5) is 0 Å². The molecule has 1 N–H and O–H groups in total. The Bertz CT molecular complexity index is 685. The van der Waals surface area contributed by atoms with Crippen molar-refractivity contribution >= 4 is 15.9 Å². The van der Waals surface area contributed by atoms with Crippen molar-refractivity contribution in [3.05, 3.63) is 29.8 Å². The summed E-state index contributed by atoms with van der Waals surface area (Å²) in [7, 11) is -3.47. The van der Waals surface area contributed by atoms with E-state index in [1.54, 1.807) is 19.1 Å². The summed E-state index contributed by atoms with van der Waals surface area (Å²) in [6.07, 6.45) is 6.25. The summed E-state index contributed by atoms with van der Waals surface area (Å²) < 4.78 is 26.4. The van der Waals surface area contributed by atoms with Crippen molar-refractivity contribution in [1.82, 2.24) is 9.62 Å². The van der Waals surface area contributed by atoms with Crippen molar-refractivity contribution in [2.75, 3.05) is 19.6 Å². The molecule has 1 aliphatic carbocycles. The molecule has 24 heavy (non-hydrogen) atoms. The Morgan fingerprint density at radius 1 is 1.12 bits per heavy atom. The maximum atomic E-state index is 12.7. The topological polar surface area (TPSA) is 66.5 Å². The van der Waals surface area contributed by atoms with Crippen LogP contribution >= 0.6 is 0 Å². The average Bonchev–Trinajstić information content (AvgIpc) is 2.61. The Labute approximate surface area is 144 Å². The third-order valence-corrected chi connectivity index (χ3v) is 6.89. The molecule has 0 aromatic heterocycles. The van der Waals surface area contributed by atoms with Crippen LogP contribution in [0, 0.1) is 11.8 Å². The first kappa shape index (κ1) is 17.4. The van der Waals surface area contributed by atoms with Gasteiger partial charge in [-0.05, 0) is 48.9 Å². The highest BCUT2D eigenvalue weighted by Crippen LogP contribution is 2.36. The van der Waals surface area contributed by atoms with Crippen LogP contribution in [-0.4, -0.2) is 38.9 Å². The number of nitrogens with one attached hydrogen (secondary N) is 1. The van der Waals surface area contributed by atoms with Crippen molar-refractivity contribution in [1.29, 1.82) is 0 Å². The van der Waals surface area contributed by atoms with E-state index in [0.717, 1.165) is 25.4 Å². The van der Waals surface area contributed by atoms with E-state index in [1.165, 1.54) is 37.8 Å². The Kier molecular flexibility index (Phi) is 5.25. The van der Waals surface area contributed by atoms with E-state index < -0.39 is 10.0 Å². The Morgan fingerprint density at radius 2 is 1.79 bits per heavy atom. The molecule has 1 saturated heterocycles. The van der Waals surface area contributed by atoms with Crippen LogP contribution in [0.1, 0.15) is 49.4 Å². The van der Waals surface area contributed by atoms with Gasteiger partial charge in [0.05, 0.1) is 4.90 Å². The number of nitrogens with zero attached hydrogens (tertiary/aromatic N) is 1. The molecule has 2 fully saturated rings. The van der Waals surface area contributed by atoms with Crippen LogP contribution in [-0.2, 0) is 10.0 Å². The molecule has 0 bridgehead atoms. The normalized spacial score (nSPS) is 24.5. The number of carbonyl (C=O) groups is 1. The minimum atomic E-state index is -3.47. The Balaban J connectivity index is 1.69. The maximum absolute atomic E-state index is 12.7. The lowest BCUT2D eigenvalue weighted by molar-refractivity contribution is 0.0521. The summed E-state index contributed by atoms with van der Waals surface area (Å²) in [5.74, 6) is 1.45. The molecule has 2 aliphatic rings. The van der Waals surface area contributed by atoms with E-state index in [-0.39, 0.29) is 10.8 Å². The van der Waals surface area contributed by atoms with Gasteiger partial charge in [0.25, 0.3) is 5.91 Å². The monoisotopic (exact) mass is 350 g/mol. The molecule has 1 aliphatic heterocycles. The van der Waals surface area contributed by atoms with E-state index in [2.05, 4.69) is 4.72 Å². The zero-order valence-electron chi connectivity index (χ0n) is 14.2. The number of likely N-dealkylation sites (tertiary alicyclic amines) is 1. The standard InChI is InChI=1S/C18H26N2O3S/c1-2-19-24(22,23)17-9-7-15(8-10-17)18(21)20-12-11-14-5-3-4-6-16(14)13-20/h7-10,14,16,19H,2-6,11-13H2,1H3/t14-,16-/m0/s1.